The van der Waals surface area contributed by atoms with Crippen LogP contribution < -0.4 is 9.80 Å². The van der Waals surface area contributed by atoms with Gasteiger partial charge in [0.05, 0.1) is 5.41 Å². The van der Waals surface area contributed by atoms with E-state index >= 15 is 0 Å². The number of fused-ring (bicyclic) bond motifs is 16. The van der Waals surface area contributed by atoms with Crippen LogP contribution >= 0.6 is 23.5 Å². The van der Waals surface area contributed by atoms with E-state index in [4.69, 9.17) is 0 Å². The molecule has 12 aromatic carbocycles. The first kappa shape index (κ1) is 50.9. The highest BCUT2D eigenvalue weighted by molar-refractivity contribution is 8.05. The van der Waals surface area contributed by atoms with Crippen LogP contribution in [0, 0.1) is 0 Å². The van der Waals surface area contributed by atoms with Gasteiger partial charge in [0.25, 0.3) is 0 Å². The molecule has 0 N–H and O–H groups in total. The van der Waals surface area contributed by atoms with E-state index in [0.717, 1.165) is 40.5 Å². The van der Waals surface area contributed by atoms with Gasteiger partial charge in [-0.2, -0.15) is 0 Å². The monoisotopic (exact) mass is 1130 g/mol. The number of allylic oxidation sites excluding steroid dienone is 4. The highest BCUT2D eigenvalue weighted by atomic mass is 32.2. The number of hydrogen-bond acceptors (Lipinski definition) is 4. The van der Waals surface area contributed by atoms with Gasteiger partial charge >= 0.3 is 0 Å². The van der Waals surface area contributed by atoms with E-state index in [-0.39, 0.29) is 5.41 Å². The van der Waals surface area contributed by atoms with E-state index < -0.39 is 5.41 Å². The zero-order chi connectivity index (χ0) is 57.1. The first-order valence-electron chi connectivity index (χ1n) is 30.0. The molecule has 2 nitrogen and oxygen atoms in total. The van der Waals surface area contributed by atoms with E-state index in [1.807, 2.05) is 23.5 Å². The topological polar surface area (TPSA) is 6.48 Å². The van der Waals surface area contributed by atoms with Gasteiger partial charge in [0.15, 0.2) is 0 Å². The normalized spacial score (nSPS) is 16.6. The summed E-state index contributed by atoms with van der Waals surface area (Å²) in [5, 5.41) is 0. The molecule has 0 bridgehead atoms. The summed E-state index contributed by atoms with van der Waals surface area (Å²) in [5.74, 6) is 0.399. The summed E-state index contributed by atoms with van der Waals surface area (Å²) in [6.45, 7) is 4.85. The van der Waals surface area contributed by atoms with Gasteiger partial charge in [-0.25, -0.2) is 0 Å². The van der Waals surface area contributed by atoms with Crippen molar-refractivity contribution in [2.75, 3.05) is 9.80 Å². The Labute approximate surface area is 512 Å². The predicted molar refractivity (Wildman–Crippen MR) is 361 cm³/mol. The lowest BCUT2D eigenvalue weighted by Crippen LogP contribution is -2.26. The van der Waals surface area contributed by atoms with Gasteiger partial charge in [-0.05, 0) is 181 Å². The minimum Gasteiger partial charge on any atom is -0.310 e. The lowest BCUT2D eigenvalue weighted by atomic mass is 9.70. The highest BCUT2D eigenvalue weighted by Crippen LogP contribution is 2.67. The first-order valence-corrected chi connectivity index (χ1v) is 31.6. The second-order valence-electron chi connectivity index (χ2n) is 23.9. The van der Waals surface area contributed by atoms with E-state index in [9.17, 15) is 0 Å². The van der Waals surface area contributed by atoms with E-state index in [2.05, 4.69) is 321 Å². The van der Waals surface area contributed by atoms with Crippen molar-refractivity contribution in [3.8, 4) is 55.6 Å². The molecule has 2 atom stereocenters. The Kier molecular flexibility index (Phi) is 11.9. The molecule has 1 spiro atoms. The third-order valence-electron chi connectivity index (χ3n) is 19.0. The molecule has 0 fully saturated rings. The lowest BCUT2D eigenvalue weighted by Gasteiger charge is -2.34. The molecule has 0 amide bonds. The molecule has 17 rings (SSSR count). The zero-order valence-corrected chi connectivity index (χ0v) is 49.4. The number of nitrogens with zero attached hydrogens (tertiary/aromatic N) is 2. The lowest BCUT2D eigenvalue weighted by molar-refractivity contribution is 0.612. The summed E-state index contributed by atoms with van der Waals surface area (Å²) in [4.78, 5) is 10.2. The average Bonchev–Trinajstić information content (AvgIpc) is 1.59. The molecule has 0 saturated heterocycles. The third-order valence-corrected chi connectivity index (χ3v) is 21.5. The van der Waals surface area contributed by atoms with Crippen molar-refractivity contribution < 1.29 is 0 Å². The minimum atomic E-state index is -0.683. The van der Waals surface area contributed by atoms with Gasteiger partial charge in [0, 0.05) is 70.6 Å². The standard InChI is InChI=1S/C82H58N2S2/c1-81(2)70-26-14-12-24-65(70)67-45-42-62(50-73(67)81)84(61-40-34-58(35-41-61)55-22-10-5-11-23-55)64-44-47-69-75(52-64)82(72-48-49-78-80(79(69)72)86-77-29-17-16-28-76(77)85-78)71-27-15-13-25-66(71)68-46-43-63(51-74(68)82)83(59-36-30-56(31-37-59)53-18-6-3-7-19-53)60-38-32-57(33-39-60)54-20-8-4-9-21-54/h3-23,25-52,65H,24H2,1-2H3. The average molecular weight is 1140 g/mol. The molecule has 4 heteroatoms. The fraction of sp³-hybridized carbons (Fsp3) is 0.0732. The van der Waals surface area contributed by atoms with Crippen molar-refractivity contribution in [1.82, 2.24) is 0 Å². The molecule has 2 unspecified atom stereocenters. The molecule has 4 aliphatic carbocycles. The summed E-state index contributed by atoms with van der Waals surface area (Å²) in [6, 6.07) is 105. The molecule has 1 heterocycles. The molecule has 0 saturated carbocycles. The third kappa shape index (κ3) is 7.89. The maximum Gasteiger partial charge on any atom is 0.0727 e. The van der Waals surface area contributed by atoms with Crippen LogP contribution in [0.5, 0.6) is 0 Å². The molecule has 0 aromatic heterocycles. The first-order chi connectivity index (χ1) is 42.4. The number of benzene rings is 12. The number of anilines is 6. The molecule has 0 radical (unpaired) electrons. The van der Waals surface area contributed by atoms with Gasteiger partial charge in [-0.15, -0.1) is 0 Å². The van der Waals surface area contributed by atoms with Crippen molar-refractivity contribution in [3.63, 3.8) is 0 Å². The van der Waals surface area contributed by atoms with E-state index in [1.54, 1.807) is 0 Å². The van der Waals surface area contributed by atoms with Crippen molar-refractivity contribution in [2.24, 2.45) is 0 Å². The molecule has 408 valence electrons. The minimum absolute atomic E-state index is 0.114. The summed E-state index contributed by atoms with van der Waals surface area (Å²) in [6.07, 6.45) is 8.02. The SMILES string of the molecule is CC1(C)C2=CC=CCC2c2ccc(N(c3ccc(-c4ccccc4)cc3)c3ccc4c(c3)C3(c5ccccc5-c5ccc(N(c6ccc(-c7ccccc7)cc6)c6ccc(-c7ccccc7)cc6)cc53)c3ccc5c(c3-4)Sc3ccccc3S5)cc21. The fourth-order valence-corrected chi connectivity index (χ4v) is 17.4. The van der Waals surface area contributed by atoms with E-state index in [0.29, 0.717) is 5.92 Å². The summed E-state index contributed by atoms with van der Waals surface area (Å²) in [5.41, 5.74) is 27.8. The van der Waals surface area contributed by atoms with Gasteiger partial charge < -0.3 is 9.80 Å². The smallest absolute Gasteiger partial charge is 0.0727 e. The molecule has 86 heavy (non-hydrogen) atoms. The van der Waals surface area contributed by atoms with Crippen LogP contribution in [-0.4, -0.2) is 0 Å². The molecular formula is C82H58N2S2. The Balaban J connectivity index is 0.898. The summed E-state index contributed by atoms with van der Waals surface area (Å²) in [7, 11) is 0. The van der Waals surface area contributed by atoms with Crippen molar-refractivity contribution >= 4 is 57.6 Å². The quantitative estimate of drug-likeness (QED) is 0.142. The second kappa shape index (κ2) is 20.0. The Hall–Kier alpha value is -9.58. The fourth-order valence-electron chi connectivity index (χ4n) is 15.0. The van der Waals surface area contributed by atoms with Crippen LogP contribution in [0.15, 0.2) is 322 Å². The largest absolute Gasteiger partial charge is 0.310 e. The molecule has 5 aliphatic rings. The van der Waals surface area contributed by atoms with Crippen LogP contribution in [0.3, 0.4) is 0 Å². The Morgan fingerprint density at radius 1 is 0.349 bits per heavy atom. The zero-order valence-electron chi connectivity index (χ0n) is 47.8. The number of rotatable bonds is 9. The highest BCUT2D eigenvalue weighted by Gasteiger charge is 2.53. The predicted octanol–water partition coefficient (Wildman–Crippen LogP) is 22.8. The van der Waals surface area contributed by atoms with Crippen LogP contribution in [0.1, 0.15) is 59.6 Å². The molecule has 1 aliphatic heterocycles. The maximum absolute atomic E-state index is 2.58. The van der Waals surface area contributed by atoms with Gasteiger partial charge in [0.2, 0.25) is 0 Å². The molecular weight excluding hydrogens is 1080 g/mol. The van der Waals surface area contributed by atoms with Crippen molar-refractivity contribution in [2.45, 2.75) is 56.6 Å². The van der Waals surface area contributed by atoms with Gasteiger partial charge in [0.1, 0.15) is 0 Å². The van der Waals surface area contributed by atoms with Gasteiger partial charge in [-0.1, -0.05) is 249 Å². The second-order valence-corrected chi connectivity index (χ2v) is 26.0. The Morgan fingerprint density at radius 3 is 1.37 bits per heavy atom. The van der Waals surface area contributed by atoms with Crippen molar-refractivity contribution in [1.29, 1.82) is 0 Å². The van der Waals surface area contributed by atoms with Crippen LogP contribution in [0.2, 0.25) is 0 Å². The van der Waals surface area contributed by atoms with Crippen LogP contribution in [0.4, 0.5) is 34.1 Å². The Morgan fingerprint density at radius 2 is 0.791 bits per heavy atom. The van der Waals surface area contributed by atoms with E-state index in [1.165, 1.54) is 114 Å². The summed E-state index contributed by atoms with van der Waals surface area (Å²) >= 11 is 3.83. The summed E-state index contributed by atoms with van der Waals surface area (Å²) < 4.78 is 0. The van der Waals surface area contributed by atoms with Gasteiger partial charge in [-0.3, -0.25) is 0 Å². The number of hydrogen-bond donors (Lipinski definition) is 0. The van der Waals surface area contributed by atoms with Crippen LogP contribution in [-0.2, 0) is 10.8 Å². The van der Waals surface area contributed by atoms with Crippen LogP contribution in [0.25, 0.3) is 55.6 Å². The van der Waals surface area contributed by atoms with Crippen molar-refractivity contribution in [3.05, 3.63) is 336 Å². The Bertz CT molecular complexity index is 4650. The maximum atomic E-state index is 2.58. The molecule has 12 aromatic rings.